The minimum atomic E-state index is -4.82. The average Bonchev–Trinajstić information content (AvgIpc) is 3.23. The summed E-state index contributed by atoms with van der Waals surface area (Å²) in [6, 6.07) is 7.40. The number of hydrogen-bond acceptors (Lipinski definition) is 4. The monoisotopic (exact) mass is 383 g/mol. The van der Waals surface area contributed by atoms with E-state index in [2.05, 4.69) is 4.74 Å². The molecule has 2 aromatic rings. The Bertz CT molecular complexity index is 823. The van der Waals surface area contributed by atoms with Crippen LogP contribution in [0.3, 0.4) is 0 Å². The first-order valence-corrected chi connectivity index (χ1v) is 8.55. The highest BCUT2D eigenvalue weighted by molar-refractivity contribution is 5.93. The minimum Gasteiger partial charge on any atom is -0.465 e. The van der Waals surface area contributed by atoms with Gasteiger partial charge in [0.05, 0.1) is 24.5 Å². The van der Waals surface area contributed by atoms with Gasteiger partial charge in [0, 0.05) is 24.4 Å². The molecule has 5 nitrogen and oxygen atoms in total. The van der Waals surface area contributed by atoms with E-state index >= 15 is 0 Å². The van der Waals surface area contributed by atoms with Crippen molar-refractivity contribution >= 4 is 5.97 Å². The van der Waals surface area contributed by atoms with Gasteiger partial charge in [-0.05, 0) is 38.0 Å². The second-order valence-corrected chi connectivity index (χ2v) is 6.31. The van der Waals surface area contributed by atoms with E-state index in [9.17, 15) is 18.0 Å². The molecular weight excluding hydrogens is 363 g/mol. The lowest BCUT2D eigenvalue weighted by atomic mass is 10.1. The zero-order valence-corrected chi connectivity index (χ0v) is 15.0. The number of methoxy groups -OCH3 is 1. The van der Waals surface area contributed by atoms with Crippen LogP contribution in [0.2, 0.25) is 0 Å². The summed E-state index contributed by atoms with van der Waals surface area (Å²) in [6.45, 7) is 2.81. The number of rotatable bonds is 5. The van der Waals surface area contributed by atoms with Gasteiger partial charge in [0.2, 0.25) is 0 Å². The van der Waals surface area contributed by atoms with Gasteiger partial charge in [-0.2, -0.15) is 0 Å². The maximum absolute atomic E-state index is 12.8. The third-order valence-electron chi connectivity index (χ3n) is 4.57. The number of carbonyl (C=O) groups is 1. The first-order valence-electron chi connectivity index (χ1n) is 8.55. The Labute approximate surface area is 154 Å². The summed E-state index contributed by atoms with van der Waals surface area (Å²) in [7, 11) is 1.26. The fourth-order valence-corrected chi connectivity index (χ4v) is 3.30. The lowest BCUT2D eigenvalue weighted by molar-refractivity contribution is -0.274. The molecule has 0 amide bonds. The van der Waals surface area contributed by atoms with Crippen molar-refractivity contribution in [2.24, 2.45) is 0 Å². The predicted octanol–water partition coefficient (Wildman–Crippen LogP) is 4.33. The quantitative estimate of drug-likeness (QED) is 0.722. The zero-order valence-electron chi connectivity index (χ0n) is 15.0. The van der Waals surface area contributed by atoms with E-state index in [0.717, 1.165) is 12.8 Å². The Hall–Kier alpha value is -2.48. The van der Waals surface area contributed by atoms with Crippen molar-refractivity contribution in [3.63, 3.8) is 0 Å². The molecule has 1 fully saturated rings. The third kappa shape index (κ3) is 4.27. The lowest BCUT2D eigenvalue weighted by Crippen LogP contribution is -2.19. The third-order valence-corrected chi connectivity index (χ3v) is 4.57. The van der Waals surface area contributed by atoms with E-state index in [4.69, 9.17) is 9.47 Å². The number of aromatic nitrogens is 1. The second-order valence-electron chi connectivity index (χ2n) is 6.31. The van der Waals surface area contributed by atoms with Gasteiger partial charge >= 0.3 is 12.3 Å². The lowest BCUT2D eigenvalue weighted by Gasteiger charge is -2.18. The molecule has 0 saturated carbocycles. The number of nitrogens with zero attached hydrogens (tertiary/aromatic N) is 1. The number of carbonyl (C=O) groups excluding carboxylic acids is 1. The summed E-state index contributed by atoms with van der Waals surface area (Å²) in [6.07, 6.45) is -3.10. The van der Waals surface area contributed by atoms with Gasteiger partial charge in [0.1, 0.15) is 5.75 Å². The highest BCUT2D eigenvalue weighted by Crippen LogP contribution is 2.36. The Morgan fingerprint density at radius 2 is 2.07 bits per heavy atom. The van der Waals surface area contributed by atoms with Gasteiger partial charge in [-0.15, -0.1) is 13.2 Å². The summed E-state index contributed by atoms with van der Waals surface area (Å²) >= 11 is 0. The predicted molar refractivity (Wildman–Crippen MR) is 91.6 cm³/mol. The highest BCUT2D eigenvalue weighted by Gasteiger charge is 2.33. The molecule has 3 rings (SSSR count). The van der Waals surface area contributed by atoms with Gasteiger partial charge in [0.15, 0.2) is 0 Å². The summed E-state index contributed by atoms with van der Waals surface area (Å²) in [4.78, 5) is 12.1. The summed E-state index contributed by atoms with van der Waals surface area (Å²) in [5, 5.41) is 0. The molecule has 0 bridgehead atoms. The Balaban J connectivity index is 2.10. The van der Waals surface area contributed by atoms with Crippen LogP contribution < -0.4 is 4.74 Å². The van der Waals surface area contributed by atoms with Crippen molar-refractivity contribution in [1.82, 2.24) is 4.57 Å². The van der Waals surface area contributed by atoms with E-state index in [1.54, 1.807) is 17.6 Å². The Morgan fingerprint density at radius 1 is 1.33 bits per heavy atom. The van der Waals surface area contributed by atoms with Crippen molar-refractivity contribution in [2.75, 3.05) is 13.7 Å². The summed E-state index contributed by atoms with van der Waals surface area (Å²) in [5.41, 5.74) is 1.59. The average molecular weight is 383 g/mol. The molecule has 27 heavy (non-hydrogen) atoms. The molecule has 0 aliphatic carbocycles. The molecule has 1 atom stereocenters. The van der Waals surface area contributed by atoms with Crippen molar-refractivity contribution in [3.8, 4) is 17.0 Å². The topological polar surface area (TPSA) is 49.7 Å². The fourth-order valence-electron chi connectivity index (χ4n) is 3.30. The SMILES string of the molecule is COC(=O)c1cc(-c2ccccc2OC(F)(F)F)n(C[C@@H]2CCCO2)c1C. The standard InChI is InChI=1S/C19H20F3NO4/c1-12-15(18(24)25-2)10-16(23(12)11-13-6-5-9-26-13)14-7-3-4-8-17(14)27-19(20,21)22/h3-4,7-8,10,13H,5-6,9,11H2,1-2H3/t13-/m0/s1. The van der Waals surface area contributed by atoms with E-state index in [-0.39, 0.29) is 17.4 Å². The smallest absolute Gasteiger partial charge is 0.465 e. The normalized spacial score (nSPS) is 17.1. The molecule has 0 spiro atoms. The molecule has 1 aliphatic heterocycles. The molecule has 146 valence electrons. The fraction of sp³-hybridized carbons (Fsp3) is 0.421. The van der Waals surface area contributed by atoms with Crippen molar-refractivity contribution in [3.05, 3.63) is 41.6 Å². The van der Waals surface area contributed by atoms with E-state index in [1.165, 1.54) is 31.4 Å². The van der Waals surface area contributed by atoms with Crippen LogP contribution in [0.4, 0.5) is 13.2 Å². The summed E-state index contributed by atoms with van der Waals surface area (Å²) in [5.74, 6) is -0.874. The molecule has 0 N–H and O–H groups in total. The van der Waals surface area contributed by atoms with Crippen LogP contribution in [0.15, 0.2) is 30.3 Å². The van der Waals surface area contributed by atoms with Crippen LogP contribution in [0.25, 0.3) is 11.3 Å². The number of alkyl halides is 3. The van der Waals surface area contributed by atoms with E-state index < -0.39 is 12.3 Å². The number of ether oxygens (including phenoxy) is 3. The Morgan fingerprint density at radius 3 is 2.70 bits per heavy atom. The Kier molecular flexibility index (Phi) is 5.46. The number of halogens is 3. The molecule has 1 saturated heterocycles. The van der Waals surface area contributed by atoms with Gasteiger partial charge in [-0.1, -0.05) is 12.1 Å². The number of hydrogen-bond donors (Lipinski definition) is 0. The molecule has 2 heterocycles. The van der Waals surface area contributed by atoms with Gasteiger partial charge in [-0.3, -0.25) is 0 Å². The molecule has 1 aliphatic rings. The molecule has 8 heteroatoms. The molecule has 0 unspecified atom stereocenters. The van der Waals surface area contributed by atoms with Crippen LogP contribution in [-0.4, -0.2) is 36.7 Å². The maximum Gasteiger partial charge on any atom is 0.573 e. The molecule has 1 aromatic carbocycles. The van der Waals surface area contributed by atoms with Gasteiger partial charge < -0.3 is 18.8 Å². The first-order chi connectivity index (χ1) is 12.8. The van der Waals surface area contributed by atoms with Crippen molar-refractivity contribution in [1.29, 1.82) is 0 Å². The van der Waals surface area contributed by atoms with Crippen molar-refractivity contribution < 1.29 is 32.2 Å². The molecule has 0 radical (unpaired) electrons. The van der Waals surface area contributed by atoms with Gasteiger partial charge in [0.25, 0.3) is 0 Å². The van der Waals surface area contributed by atoms with Crippen LogP contribution in [0.5, 0.6) is 5.75 Å². The van der Waals surface area contributed by atoms with E-state index in [1.807, 2.05) is 0 Å². The zero-order chi connectivity index (χ0) is 19.6. The van der Waals surface area contributed by atoms with Crippen LogP contribution in [-0.2, 0) is 16.0 Å². The molecular formula is C19H20F3NO4. The van der Waals surface area contributed by atoms with Crippen LogP contribution in [0.1, 0.15) is 28.9 Å². The maximum atomic E-state index is 12.8. The second kappa shape index (κ2) is 7.64. The van der Waals surface area contributed by atoms with Gasteiger partial charge in [-0.25, -0.2) is 4.79 Å². The minimum absolute atomic E-state index is 0.0592. The van der Waals surface area contributed by atoms with Crippen LogP contribution >= 0.6 is 0 Å². The largest absolute Gasteiger partial charge is 0.573 e. The number of para-hydroxylation sites is 1. The molecule has 1 aromatic heterocycles. The van der Waals surface area contributed by atoms with E-state index in [0.29, 0.717) is 30.1 Å². The highest BCUT2D eigenvalue weighted by atomic mass is 19.4. The van der Waals surface area contributed by atoms with Crippen molar-refractivity contribution in [2.45, 2.75) is 38.8 Å². The number of benzene rings is 1. The van der Waals surface area contributed by atoms with Crippen LogP contribution in [0, 0.1) is 6.92 Å². The number of esters is 1. The first kappa shape index (κ1) is 19.3. The summed E-state index contributed by atoms with van der Waals surface area (Å²) < 4.78 is 54.9.